The molecule has 34 heavy (non-hydrogen) atoms. The molecule has 1 aliphatic rings. The third-order valence-corrected chi connectivity index (χ3v) is 5.44. The Morgan fingerprint density at radius 3 is 2.26 bits per heavy atom. The summed E-state index contributed by atoms with van der Waals surface area (Å²) >= 11 is 0. The van der Waals surface area contributed by atoms with Crippen molar-refractivity contribution in [1.82, 2.24) is 14.9 Å². The van der Waals surface area contributed by atoms with Crippen LogP contribution >= 0.6 is 0 Å². The van der Waals surface area contributed by atoms with E-state index in [1.807, 2.05) is 30.3 Å². The third-order valence-electron chi connectivity index (χ3n) is 5.44. The largest absolute Gasteiger partial charge is 0.416 e. The van der Waals surface area contributed by atoms with Crippen LogP contribution in [-0.4, -0.2) is 34.3 Å². The number of aromatic nitrogens is 2. The van der Waals surface area contributed by atoms with Crippen LogP contribution in [0.2, 0.25) is 0 Å². The fraction of sp³-hybridized carbons (Fsp3) is 0.348. The molecule has 0 amide bonds. The van der Waals surface area contributed by atoms with E-state index in [0.717, 1.165) is 11.3 Å². The number of benzene rings is 2. The first-order valence-corrected chi connectivity index (χ1v) is 10.4. The topological polar surface area (TPSA) is 50.4 Å². The molecule has 0 saturated carbocycles. The summed E-state index contributed by atoms with van der Waals surface area (Å²) in [5.74, 6) is 0. The van der Waals surface area contributed by atoms with Gasteiger partial charge < -0.3 is 14.5 Å². The van der Waals surface area contributed by atoms with Crippen molar-refractivity contribution in [3.63, 3.8) is 0 Å². The molecule has 1 saturated heterocycles. The summed E-state index contributed by atoms with van der Waals surface area (Å²) in [5, 5.41) is 0. The Morgan fingerprint density at radius 1 is 1.00 bits per heavy atom. The minimum absolute atomic E-state index is 0.0967. The van der Waals surface area contributed by atoms with Crippen molar-refractivity contribution in [1.29, 1.82) is 0 Å². The maximum Gasteiger partial charge on any atom is 0.416 e. The lowest BCUT2D eigenvalue weighted by Crippen LogP contribution is -2.46. The van der Waals surface area contributed by atoms with E-state index >= 15 is 0 Å². The number of nitrogens with one attached hydrogen (secondary N) is 1. The van der Waals surface area contributed by atoms with Gasteiger partial charge in [-0.3, -0.25) is 4.90 Å². The van der Waals surface area contributed by atoms with E-state index in [1.54, 1.807) is 12.5 Å². The molecule has 1 N–H and O–H groups in total. The lowest BCUT2D eigenvalue weighted by molar-refractivity contribution is -0.218. The predicted octanol–water partition coefficient (Wildman–Crippen LogP) is 5.56. The van der Waals surface area contributed by atoms with Crippen molar-refractivity contribution in [3.05, 3.63) is 89.0 Å². The average molecular weight is 485 g/mol. The number of halogens is 6. The molecule has 0 bridgehead atoms. The van der Waals surface area contributed by atoms with Gasteiger partial charge in [0.05, 0.1) is 36.7 Å². The number of nitrogens with zero attached hydrogens (tertiary/aromatic N) is 2. The van der Waals surface area contributed by atoms with Crippen molar-refractivity contribution in [2.75, 3.05) is 13.2 Å². The fourth-order valence-electron chi connectivity index (χ4n) is 3.89. The standard InChI is InChI=1S/C23H21F6N3O2/c24-22(25,26)17-8-15(9-18(10-17)23(27,28)29)13-34-21-20(16-4-2-1-3-5-16)32(6-7-33-21)12-19-11-30-14-31-19/h1-5,8-11,14,20-21H,6-7,12-13H2,(H,30,31)/t20-,21+/m0/s1. The Kier molecular flexibility index (Phi) is 6.96. The number of morpholine rings is 1. The number of rotatable bonds is 6. The monoisotopic (exact) mass is 485 g/mol. The highest BCUT2D eigenvalue weighted by Gasteiger charge is 2.38. The molecule has 5 nitrogen and oxygen atoms in total. The number of hydrogen-bond donors (Lipinski definition) is 1. The zero-order valence-corrected chi connectivity index (χ0v) is 17.7. The molecule has 182 valence electrons. The highest BCUT2D eigenvalue weighted by atomic mass is 19.4. The lowest BCUT2D eigenvalue weighted by Gasteiger charge is -2.41. The van der Waals surface area contributed by atoms with Crippen LogP contribution < -0.4 is 0 Å². The van der Waals surface area contributed by atoms with Gasteiger partial charge >= 0.3 is 12.4 Å². The van der Waals surface area contributed by atoms with Crippen molar-refractivity contribution in [2.45, 2.75) is 37.8 Å². The molecular formula is C23H21F6N3O2. The second-order valence-electron chi connectivity index (χ2n) is 7.87. The van der Waals surface area contributed by atoms with Gasteiger partial charge in [-0.1, -0.05) is 30.3 Å². The van der Waals surface area contributed by atoms with Gasteiger partial charge in [0, 0.05) is 25.0 Å². The van der Waals surface area contributed by atoms with Gasteiger partial charge in [-0.2, -0.15) is 26.3 Å². The molecule has 2 heterocycles. The van der Waals surface area contributed by atoms with Gasteiger partial charge in [-0.25, -0.2) is 4.98 Å². The molecule has 0 spiro atoms. The summed E-state index contributed by atoms with van der Waals surface area (Å²) in [5.41, 5.74) is -1.33. The number of ether oxygens (including phenoxy) is 2. The Hall–Kier alpha value is -2.89. The second-order valence-corrected chi connectivity index (χ2v) is 7.87. The second kappa shape index (κ2) is 9.77. The van der Waals surface area contributed by atoms with Crippen LogP contribution in [0.5, 0.6) is 0 Å². The molecule has 4 rings (SSSR count). The molecule has 2 aromatic carbocycles. The van der Waals surface area contributed by atoms with Crippen LogP contribution in [0.4, 0.5) is 26.3 Å². The predicted molar refractivity (Wildman–Crippen MR) is 109 cm³/mol. The van der Waals surface area contributed by atoms with Crippen LogP contribution in [0.25, 0.3) is 0 Å². The summed E-state index contributed by atoms with van der Waals surface area (Å²) < 4.78 is 90.8. The minimum atomic E-state index is -4.93. The zero-order valence-electron chi connectivity index (χ0n) is 17.7. The van der Waals surface area contributed by atoms with Gasteiger partial charge in [-0.05, 0) is 29.3 Å². The molecule has 1 fully saturated rings. The maximum atomic E-state index is 13.2. The van der Waals surface area contributed by atoms with E-state index in [0.29, 0.717) is 25.2 Å². The minimum Gasteiger partial charge on any atom is -0.349 e. The van der Waals surface area contributed by atoms with Crippen LogP contribution in [0.15, 0.2) is 61.1 Å². The Balaban J connectivity index is 1.59. The van der Waals surface area contributed by atoms with E-state index < -0.39 is 42.4 Å². The van der Waals surface area contributed by atoms with E-state index in [9.17, 15) is 26.3 Å². The smallest absolute Gasteiger partial charge is 0.349 e. The van der Waals surface area contributed by atoms with Gasteiger partial charge in [0.15, 0.2) is 6.29 Å². The van der Waals surface area contributed by atoms with Crippen LogP contribution in [0.3, 0.4) is 0 Å². The number of hydrogen-bond acceptors (Lipinski definition) is 4. The molecule has 0 radical (unpaired) electrons. The molecule has 0 unspecified atom stereocenters. The van der Waals surface area contributed by atoms with Crippen LogP contribution in [-0.2, 0) is 35.0 Å². The van der Waals surface area contributed by atoms with Crippen molar-refractivity contribution in [2.24, 2.45) is 0 Å². The fourth-order valence-corrected chi connectivity index (χ4v) is 3.89. The van der Waals surface area contributed by atoms with E-state index in [4.69, 9.17) is 9.47 Å². The highest BCUT2D eigenvalue weighted by Crippen LogP contribution is 2.37. The number of aromatic amines is 1. The van der Waals surface area contributed by atoms with Crippen LogP contribution in [0.1, 0.15) is 34.0 Å². The third kappa shape index (κ3) is 5.78. The first-order valence-electron chi connectivity index (χ1n) is 10.4. The average Bonchev–Trinajstić information content (AvgIpc) is 3.30. The lowest BCUT2D eigenvalue weighted by atomic mass is 10.0. The molecule has 1 aromatic heterocycles. The highest BCUT2D eigenvalue weighted by molar-refractivity contribution is 5.33. The molecular weight excluding hydrogens is 464 g/mol. The van der Waals surface area contributed by atoms with Gasteiger partial charge in [0.1, 0.15) is 0 Å². The van der Waals surface area contributed by atoms with E-state index in [2.05, 4.69) is 14.9 Å². The normalized spacial score (nSPS) is 19.9. The quantitative estimate of drug-likeness (QED) is 0.465. The molecule has 1 aliphatic heterocycles. The first kappa shape index (κ1) is 24.2. The Bertz CT molecular complexity index is 1040. The molecule has 3 aromatic rings. The first-order chi connectivity index (χ1) is 16.1. The van der Waals surface area contributed by atoms with E-state index in [1.165, 1.54) is 0 Å². The summed E-state index contributed by atoms with van der Waals surface area (Å²) in [6, 6.07) is 10.2. The molecule has 2 atom stereocenters. The molecule has 0 aliphatic carbocycles. The molecule has 11 heteroatoms. The van der Waals surface area contributed by atoms with Gasteiger partial charge in [0.25, 0.3) is 0 Å². The van der Waals surface area contributed by atoms with Crippen molar-refractivity contribution in [3.8, 4) is 0 Å². The number of imidazole rings is 1. The van der Waals surface area contributed by atoms with E-state index in [-0.39, 0.29) is 18.2 Å². The SMILES string of the molecule is FC(F)(F)c1cc(CO[C@H]2OCCN(Cc3cnc[nH]3)[C@H]2c2ccccc2)cc(C(F)(F)F)c1. The Morgan fingerprint density at radius 2 is 1.68 bits per heavy atom. The summed E-state index contributed by atoms with van der Waals surface area (Å²) in [4.78, 5) is 9.09. The van der Waals surface area contributed by atoms with Crippen LogP contribution in [0, 0.1) is 0 Å². The van der Waals surface area contributed by atoms with Gasteiger partial charge in [0.2, 0.25) is 0 Å². The maximum absolute atomic E-state index is 13.2. The Labute approximate surface area is 191 Å². The van der Waals surface area contributed by atoms with Crippen molar-refractivity contribution < 1.29 is 35.8 Å². The van der Waals surface area contributed by atoms with Crippen molar-refractivity contribution >= 4 is 0 Å². The summed E-state index contributed by atoms with van der Waals surface area (Å²) in [7, 11) is 0. The number of H-pyrrole nitrogens is 1. The van der Waals surface area contributed by atoms with Gasteiger partial charge in [-0.15, -0.1) is 0 Å². The summed E-state index contributed by atoms with van der Waals surface area (Å²) in [6.45, 7) is 0.808. The number of alkyl halides is 6. The zero-order chi connectivity index (χ0) is 24.3. The summed E-state index contributed by atoms with van der Waals surface area (Å²) in [6.07, 6.45) is -7.54.